The van der Waals surface area contributed by atoms with Gasteiger partial charge in [0.05, 0.1) is 19.3 Å². The van der Waals surface area contributed by atoms with Crippen LogP contribution in [0.4, 0.5) is 0 Å². The van der Waals surface area contributed by atoms with Gasteiger partial charge in [-0.15, -0.1) is 0 Å². The van der Waals surface area contributed by atoms with Gasteiger partial charge in [-0.1, -0.05) is 13.0 Å². The lowest BCUT2D eigenvalue weighted by Gasteiger charge is -2.21. The predicted octanol–water partition coefficient (Wildman–Crippen LogP) is 2.66. The third kappa shape index (κ3) is 7.22. The SMILES string of the molecule is CCOc1ccc(C(C)NC(=NC)NCCN(C)CC)cc1OCC. The Labute approximate surface area is 152 Å². The summed E-state index contributed by atoms with van der Waals surface area (Å²) in [6, 6.07) is 6.16. The largest absolute Gasteiger partial charge is 0.490 e. The molecule has 1 unspecified atom stereocenters. The van der Waals surface area contributed by atoms with E-state index in [1.54, 1.807) is 7.05 Å². The number of rotatable bonds is 10. The van der Waals surface area contributed by atoms with Gasteiger partial charge in [-0.2, -0.15) is 0 Å². The van der Waals surface area contributed by atoms with Gasteiger partial charge in [-0.05, 0) is 52.1 Å². The van der Waals surface area contributed by atoms with E-state index in [1.165, 1.54) is 0 Å². The maximum absolute atomic E-state index is 5.71. The Bertz CT molecular complexity index is 534. The third-order valence-corrected chi connectivity index (χ3v) is 3.97. The van der Waals surface area contributed by atoms with Crippen molar-refractivity contribution in [2.45, 2.75) is 33.7 Å². The molecule has 0 aliphatic rings. The molecule has 25 heavy (non-hydrogen) atoms. The van der Waals surface area contributed by atoms with E-state index in [4.69, 9.17) is 9.47 Å². The molecule has 142 valence electrons. The summed E-state index contributed by atoms with van der Waals surface area (Å²) >= 11 is 0. The Balaban J connectivity index is 2.71. The van der Waals surface area contributed by atoms with Crippen molar-refractivity contribution < 1.29 is 9.47 Å². The van der Waals surface area contributed by atoms with E-state index < -0.39 is 0 Å². The van der Waals surface area contributed by atoms with Crippen LogP contribution in [0.5, 0.6) is 11.5 Å². The van der Waals surface area contributed by atoms with Gasteiger partial charge in [0.1, 0.15) is 0 Å². The second-order valence-corrected chi connectivity index (χ2v) is 5.83. The maximum atomic E-state index is 5.71. The minimum Gasteiger partial charge on any atom is -0.490 e. The highest BCUT2D eigenvalue weighted by molar-refractivity contribution is 5.80. The first-order valence-corrected chi connectivity index (χ1v) is 9.10. The molecular formula is C19H34N4O2. The van der Waals surface area contributed by atoms with E-state index in [1.807, 2.05) is 26.0 Å². The van der Waals surface area contributed by atoms with Gasteiger partial charge >= 0.3 is 0 Å². The van der Waals surface area contributed by atoms with Crippen molar-refractivity contribution in [2.24, 2.45) is 4.99 Å². The number of ether oxygens (including phenoxy) is 2. The number of guanidine groups is 1. The molecule has 1 rings (SSSR count). The molecule has 0 saturated carbocycles. The molecular weight excluding hydrogens is 316 g/mol. The molecule has 6 nitrogen and oxygen atoms in total. The molecule has 1 atom stereocenters. The van der Waals surface area contributed by atoms with Gasteiger partial charge in [-0.3, -0.25) is 4.99 Å². The summed E-state index contributed by atoms with van der Waals surface area (Å²) in [4.78, 5) is 6.56. The predicted molar refractivity (Wildman–Crippen MR) is 105 cm³/mol. The van der Waals surface area contributed by atoms with Crippen LogP contribution in [0.3, 0.4) is 0 Å². The van der Waals surface area contributed by atoms with Crippen molar-refractivity contribution in [1.29, 1.82) is 0 Å². The van der Waals surface area contributed by atoms with Crippen molar-refractivity contribution in [3.63, 3.8) is 0 Å². The van der Waals surface area contributed by atoms with E-state index in [0.717, 1.165) is 42.7 Å². The Morgan fingerprint density at radius 1 is 1.16 bits per heavy atom. The molecule has 0 aliphatic carbocycles. The zero-order valence-corrected chi connectivity index (χ0v) is 16.6. The smallest absolute Gasteiger partial charge is 0.191 e. The maximum Gasteiger partial charge on any atom is 0.191 e. The fourth-order valence-electron chi connectivity index (χ4n) is 2.34. The number of likely N-dealkylation sites (N-methyl/N-ethyl adjacent to an activating group) is 1. The lowest BCUT2D eigenvalue weighted by molar-refractivity contribution is 0.287. The number of hydrogen-bond acceptors (Lipinski definition) is 4. The van der Waals surface area contributed by atoms with Gasteiger partial charge in [-0.25, -0.2) is 0 Å². The summed E-state index contributed by atoms with van der Waals surface area (Å²) < 4.78 is 11.3. The second-order valence-electron chi connectivity index (χ2n) is 5.83. The first-order chi connectivity index (χ1) is 12.0. The zero-order valence-electron chi connectivity index (χ0n) is 16.6. The quantitative estimate of drug-likeness (QED) is 0.502. The molecule has 0 aliphatic heterocycles. The molecule has 6 heteroatoms. The third-order valence-electron chi connectivity index (χ3n) is 3.97. The van der Waals surface area contributed by atoms with Crippen LogP contribution in [-0.2, 0) is 0 Å². The molecule has 1 aromatic carbocycles. The molecule has 0 bridgehead atoms. The van der Waals surface area contributed by atoms with E-state index in [0.29, 0.717) is 13.2 Å². The van der Waals surface area contributed by atoms with E-state index in [-0.39, 0.29) is 6.04 Å². The molecule has 0 aromatic heterocycles. The number of hydrogen-bond donors (Lipinski definition) is 2. The minimum atomic E-state index is 0.102. The Morgan fingerprint density at radius 3 is 2.44 bits per heavy atom. The summed E-state index contributed by atoms with van der Waals surface area (Å²) in [6.45, 7) is 12.3. The second kappa shape index (κ2) is 11.6. The molecule has 0 fully saturated rings. The Kier molecular flexibility index (Phi) is 9.77. The van der Waals surface area contributed by atoms with Crippen LogP contribution in [0.2, 0.25) is 0 Å². The molecule has 2 N–H and O–H groups in total. The highest BCUT2D eigenvalue weighted by atomic mass is 16.5. The van der Waals surface area contributed by atoms with Crippen LogP contribution < -0.4 is 20.1 Å². The normalized spacial score (nSPS) is 12.8. The monoisotopic (exact) mass is 350 g/mol. The Morgan fingerprint density at radius 2 is 1.84 bits per heavy atom. The van der Waals surface area contributed by atoms with Gasteiger partial charge in [0.2, 0.25) is 0 Å². The molecule has 0 heterocycles. The van der Waals surface area contributed by atoms with Crippen molar-refractivity contribution in [2.75, 3.05) is 46.9 Å². The van der Waals surface area contributed by atoms with E-state index >= 15 is 0 Å². The average Bonchev–Trinajstić information content (AvgIpc) is 2.62. The van der Waals surface area contributed by atoms with Gasteiger partial charge < -0.3 is 25.0 Å². The van der Waals surface area contributed by atoms with Crippen LogP contribution >= 0.6 is 0 Å². The lowest BCUT2D eigenvalue weighted by atomic mass is 10.1. The fourth-order valence-corrected chi connectivity index (χ4v) is 2.34. The van der Waals surface area contributed by atoms with Crippen LogP contribution in [-0.4, -0.2) is 57.8 Å². The summed E-state index contributed by atoms with van der Waals surface area (Å²) in [5, 5.41) is 6.77. The molecule has 1 aromatic rings. The average molecular weight is 351 g/mol. The first kappa shape index (κ1) is 21.1. The Hall–Kier alpha value is -1.95. The number of nitrogens with one attached hydrogen (secondary N) is 2. The minimum absolute atomic E-state index is 0.102. The van der Waals surface area contributed by atoms with Crippen LogP contribution in [0.1, 0.15) is 39.3 Å². The number of nitrogens with zero attached hydrogens (tertiary/aromatic N) is 2. The molecule has 0 amide bonds. The summed E-state index contributed by atoms with van der Waals surface area (Å²) in [7, 11) is 3.89. The number of aliphatic imine (C=N–C) groups is 1. The van der Waals surface area contributed by atoms with E-state index in [9.17, 15) is 0 Å². The van der Waals surface area contributed by atoms with E-state index in [2.05, 4.69) is 47.5 Å². The van der Waals surface area contributed by atoms with Crippen LogP contribution in [0.15, 0.2) is 23.2 Å². The van der Waals surface area contributed by atoms with Gasteiger partial charge in [0.25, 0.3) is 0 Å². The topological polar surface area (TPSA) is 58.1 Å². The summed E-state index contributed by atoms with van der Waals surface area (Å²) in [5.74, 6) is 2.36. The zero-order chi connectivity index (χ0) is 18.7. The summed E-state index contributed by atoms with van der Waals surface area (Å²) in [6.07, 6.45) is 0. The fraction of sp³-hybridized carbons (Fsp3) is 0.632. The molecule has 0 saturated heterocycles. The molecule has 0 radical (unpaired) electrons. The highest BCUT2D eigenvalue weighted by Gasteiger charge is 2.12. The highest BCUT2D eigenvalue weighted by Crippen LogP contribution is 2.30. The van der Waals surface area contributed by atoms with Crippen LogP contribution in [0.25, 0.3) is 0 Å². The van der Waals surface area contributed by atoms with Gasteiger partial charge in [0, 0.05) is 20.1 Å². The molecule has 0 spiro atoms. The number of benzene rings is 1. The van der Waals surface area contributed by atoms with Crippen molar-refractivity contribution in [3.8, 4) is 11.5 Å². The van der Waals surface area contributed by atoms with Crippen LogP contribution in [0, 0.1) is 0 Å². The van der Waals surface area contributed by atoms with Crippen molar-refractivity contribution in [1.82, 2.24) is 15.5 Å². The van der Waals surface area contributed by atoms with Crippen molar-refractivity contribution in [3.05, 3.63) is 23.8 Å². The standard InChI is InChI=1S/C19H34N4O2/c1-7-23(6)13-12-21-19(20-5)22-15(4)16-10-11-17(24-8-2)18(14-16)25-9-3/h10-11,14-15H,7-9,12-13H2,1-6H3,(H2,20,21,22). The van der Waals surface area contributed by atoms with Crippen molar-refractivity contribution >= 4 is 5.96 Å². The first-order valence-electron chi connectivity index (χ1n) is 9.10. The summed E-state index contributed by atoms with van der Waals surface area (Å²) in [5.41, 5.74) is 1.13. The lowest BCUT2D eigenvalue weighted by Crippen LogP contribution is -2.41. The van der Waals surface area contributed by atoms with Gasteiger partial charge in [0.15, 0.2) is 17.5 Å².